The van der Waals surface area contributed by atoms with Crippen molar-refractivity contribution < 1.29 is 13.7 Å². The van der Waals surface area contributed by atoms with Gasteiger partial charge in [0.1, 0.15) is 5.82 Å². The van der Waals surface area contributed by atoms with Crippen molar-refractivity contribution in [3.63, 3.8) is 0 Å². The van der Waals surface area contributed by atoms with Crippen LogP contribution in [0, 0.1) is 19.7 Å². The second-order valence-corrected chi connectivity index (χ2v) is 5.89. The van der Waals surface area contributed by atoms with Crippen molar-refractivity contribution in [3.8, 4) is 11.4 Å². The maximum absolute atomic E-state index is 12.9. The first-order chi connectivity index (χ1) is 12.0. The van der Waals surface area contributed by atoms with Crippen LogP contribution in [0.2, 0.25) is 0 Å². The summed E-state index contributed by atoms with van der Waals surface area (Å²) in [7, 11) is 0. The van der Waals surface area contributed by atoms with E-state index in [1.807, 2.05) is 32.0 Å². The molecule has 0 fully saturated rings. The van der Waals surface area contributed by atoms with Crippen LogP contribution in [0.25, 0.3) is 11.4 Å². The third-order valence-corrected chi connectivity index (χ3v) is 3.80. The third kappa shape index (κ3) is 4.29. The number of benzene rings is 2. The van der Waals surface area contributed by atoms with Gasteiger partial charge in [-0.2, -0.15) is 4.98 Å². The molecule has 0 spiro atoms. The van der Waals surface area contributed by atoms with Crippen molar-refractivity contribution in [2.75, 3.05) is 5.32 Å². The summed E-state index contributed by atoms with van der Waals surface area (Å²) in [5, 5.41) is 6.76. The van der Waals surface area contributed by atoms with E-state index in [4.69, 9.17) is 4.52 Å². The van der Waals surface area contributed by atoms with Gasteiger partial charge in [0.05, 0.1) is 0 Å². The van der Waals surface area contributed by atoms with E-state index in [-0.39, 0.29) is 18.1 Å². The maximum Gasteiger partial charge on any atom is 0.227 e. The molecule has 1 heterocycles. The Bertz CT molecular complexity index is 888. The first-order valence-corrected chi connectivity index (χ1v) is 7.97. The van der Waals surface area contributed by atoms with Gasteiger partial charge in [0.15, 0.2) is 0 Å². The Morgan fingerprint density at radius 2 is 1.92 bits per heavy atom. The molecule has 0 aliphatic heterocycles. The SMILES string of the molecule is Cc1ccc(C)c(NC(=O)CCc2nc(-c3ccc(F)cc3)no2)c1. The smallest absolute Gasteiger partial charge is 0.227 e. The molecule has 0 aliphatic rings. The number of carbonyl (C=O) groups is 1. The summed E-state index contributed by atoms with van der Waals surface area (Å²) in [5.41, 5.74) is 3.57. The molecule has 128 valence electrons. The maximum atomic E-state index is 12.9. The van der Waals surface area contributed by atoms with Gasteiger partial charge >= 0.3 is 0 Å². The summed E-state index contributed by atoms with van der Waals surface area (Å²) in [6.45, 7) is 3.92. The molecule has 2 aromatic carbocycles. The number of carbonyl (C=O) groups excluding carboxylic acids is 1. The van der Waals surface area contributed by atoms with Gasteiger partial charge in [0.2, 0.25) is 17.6 Å². The Morgan fingerprint density at radius 1 is 1.16 bits per heavy atom. The van der Waals surface area contributed by atoms with Gasteiger partial charge in [0, 0.05) is 24.1 Å². The molecule has 25 heavy (non-hydrogen) atoms. The Kier molecular flexibility index (Phi) is 4.88. The van der Waals surface area contributed by atoms with Crippen LogP contribution >= 0.6 is 0 Å². The minimum Gasteiger partial charge on any atom is -0.339 e. The number of hydrogen-bond acceptors (Lipinski definition) is 4. The highest BCUT2D eigenvalue weighted by Crippen LogP contribution is 2.18. The summed E-state index contributed by atoms with van der Waals surface area (Å²) in [4.78, 5) is 16.4. The molecule has 0 unspecified atom stereocenters. The van der Waals surface area contributed by atoms with Crippen molar-refractivity contribution >= 4 is 11.6 Å². The summed E-state index contributed by atoms with van der Waals surface area (Å²) < 4.78 is 18.1. The van der Waals surface area contributed by atoms with Crippen LogP contribution in [0.1, 0.15) is 23.4 Å². The van der Waals surface area contributed by atoms with Gasteiger partial charge in [0.25, 0.3) is 0 Å². The number of amides is 1. The van der Waals surface area contributed by atoms with Gasteiger partial charge in [-0.05, 0) is 55.3 Å². The van der Waals surface area contributed by atoms with E-state index in [2.05, 4.69) is 15.5 Å². The van der Waals surface area contributed by atoms with Crippen molar-refractivity contribution in [2.45, 2.75) is 26.7 Å². The topological polar surface area (TPSA) is 68.0 Å². The van der Waals surface area contributed by atoms with Crippen LogP contribution in [0.3, 0.4) is 0 Å². The number of aromatic nitrogens is 2. The molecule has 0 radical (unpaired) electrons. The average molecular weight is 339 g/mol. The van der Waals surface area contributed by atoms with E-state index >= 15 is 0 Å². The van der Waals surface area contributed by atoms with Gasteiger partial charge in [-0.15, -0.1) is 0 Å². The van der Waals surface area contributed by atoms with Crippen LogP contribution in [-0.4, -0.2) is 16.0 Å². The van der Waals surface area contributed by atoms with E-state index in [1.54, 1.807) is 12.1 Å². The Balaban J connectivity index is 1.59. The molecule has 0 saturated carbocycles. The first kappa shape index (κ1) is 16.8. The number of rotatable bonds is 5. The minimum atomic E-state index is -0.324. The number of hydrogen-bond donors (Lipinski definition) is 1. The van der Waals surface area contributed by atoms with Crippen LogP contribution in [0.5, 0.6) is 0 Å². The van der Waals surface area contributed by atoms with Crippen LogP contribution < -0.4 is 5.32 Å². The molecule has 1 aromatic heterocycles. The second-order valence-electron chi connectivity index (χ2n) is 5.89. The first-order valence-electron chi connectivity index (χ1n) is 7.97. The molecule has 1 amide bonds. The van der Waals surface area contributed by atoms with E-state index < -0.39 is 0 Å². The molecule has 0 atom stereocenters. The lowest BCUT2D eigenvalue weighted by Crippen LogP contribution is -2.13. The van der Waals surface area contributed by atoms with Crippen molar-refractivity contribution in [2.24, 2.45) is 0 Å². The normalized spacial score (nSPS) is 10.7. The van der Waals surface area contributed by atoms with E-state index in [1.165, 1.54) is 12.1 Å². The zero-order chi connectivity index (χ0) is 17.8. The molecule has 0 bridgehead atoms. The van der Waals surface area contributed by atoms with Crippen molar-refractivity contribution in [3.05, 3.63) is 65.3 Å². The van der Waals surface area contributed by atoms with E-state index in [0.29, 0.717) is 23.7 Å². The monoisotopic (exact) mass is 339 g/mol. The lowest BCUT2D eigenvalue weighted by atomic mass is 10.1. The molecule has 6 heteroatoms. The van der Waals surface area contributed by atoms with E-state index in [9.17, 15) is 9.18 Å². The molecule has 0 aliphatic carbocycles. The molecular weight excluding hydrogens is 321 g/mol. The summed E-state index contributed by atoms with van der Waals surface area (Å²) in [6, 6.07) is 11.7. The fourth-order valence-electron chi connectivity index (χ4n) is 2.38. The van der Waals surface area contributed by atoms with Gasteiger partial charge < -0.3 is 9.84 Å². The van der Waals surface area contributed by atoms with Crippen LogP contribution in [-0.2, 0) is 11.2 Å². The molecule has 0 saturated heterocycles. The highest BCUT2D eigenvalue weighted by atomic mass is 19.1. The zero-order valence-corrected chi connectivity index (χ0v) is 14.0. The minimum absolute atomic E-state index is 0.116. The number of nitrogens with one attached hydrogen (secondary N) is 1. The predicted octanol–water partition coefficient (Wildman–Crippen LogP) is 4.06. The van der Waals surface area contributed by atoms with Crippen LogP contribution in [0.15, 0.2) is 47.0 Å². The van der Waals surface area contributed by atoms with Gasteiger partial charge in [-0.25, -0.2) is 4.39 Å². The van der Waals surface area contributed by atoms with Crippen molar-refractivity contribution in [1.82, 2.24) is 10.1 Å². The Hall–Kier alpha value is -3.02. The number of halogens is 1. The average Bonchev–Trinajstić information content (AvgIpc) is 3.06. The van der Waals surface area contributed by atoms with Crippen molar-refractivity contribution in [1.29, 1.82) is 0 Å². The fraction of sp³-hybridized carbons (Fsp3) is 0.211. The largest absolute Gasteiger partial charge is 0.339 e. The lowest BCUT2D eigenvalue weighted by molar-refractivity contribution is -0.116. The molecule has 1 N–H and O–H groups in total. The molecular formula is C19H18FN3O2. The molecule has 3 aromatic rings. The molecule has 3 rings (SSSR count). The molecule has 5 nitrogen and oxygen atoms in total. The highest BCUT2D eigenvalue weighted by molar-refractivity contribution is 5.91. The Morgan fingerprint density at radius 3 is 2.68 bits per heavy atom. The quantitative estimate of drug-likeness (QED) is 0.761. The third-order valence-electron chi connectivity index (χ3n) is 3.80. The zero-order valence-electron chi connectivity index (χ0n) is 14.0. The van der Waals surface area contributed by atoms with Gasteiger partial charge in [-0.3, -0.25) is 4.79 Å². The van der Waals surface area contributed by atoms with Gasteiger partial charge in [-0.1, -0.05) is 17.3 Å². The second kappa shape index (κ2) is 7.25. The highest BCUT2D eigenvalue weighted by Gasteiger charge is 2.11. The lowest BCUT2D eigenvalue weighted by Gasteiger charge is -2.08. The predicted molar refractivity (Wildman–Crippen MR) is 92.6 cm³/mol. The standard InChI is InChI=1S/C19H18FN3O2/c1-12-3-4-13(2)16(11-12)21-17(24)9-10-18-22-19(23-25-18)14-5-7-15(20)8-6-14/h3-8,11H,9-10H2,1-2H3,(H,21,24). The Labute approximate surface area is 144 Å². The summed E-state index contributed by atoms with van der Waals surface area (Å²) in [6.07, 6.45) is 0.573. The number of nitrogens with zero attached hydrogens (tertiary/aromatic N) is 2. The number of aryl methyl sites for hydroxylation is 3. The fourth-order valence-corrected chi connectivity index (χ4v) is 2.38. The summed E-state index contributed by atoms with van der Waals surface area (Å²) >= 11 is 0. The van der Waals surface area contributed by atoms with Crippen LogP contribution in [0.4, 0.5) is 10.1 Å². The summed E-state index contributed by atoms with van der Waals surface area (Å²) in [5.74, 6) is 0.311. The van der Waals surface area contributed by atoms with E-state index in [0.717, 1.165) is 16.8 Å². The number of anilines is 1.